The van der Waals surface area contributed by atoms with Crippen molar-refractivity contribution in [3.8, 4) is 17.1 Å². The topological polar surface area (TPSA) is 95.3 Å². The summed E-state index contributed by atoms with van der Waals surface area (Å²) in [7, 11) is 0. The van der Waals surface area contributed by atoms with Crippen LogP contribution < -0.4 is 10.1 Å². The number of aryl methyl sites for hydroxylation is 1. The van der Waals surface area contributed by atoms with Gasteiger partial charge in [-0.1, -0.05) is 17.8 Å². The number of thioether (sulfide) groups is 1. The Morgan fingerprint density at radius 2 is 2.06 bits per heavy atom. The molecule has 1 aliphatic carbocycles. The van der Waals surface area contributed by atoms with Crippen LogP contribution in [0.15, 0.2) is 42.1 Å². The summed E-state index contributed by atoms with van der Waals surface area (Å²) in [6.45, 7) is 3.25. The molecule has 3 aromatic rings. The van der Waals surface area contributed by atoms with E-state index in [9.17, 15) is 18.4 Å². The third kappa shape index (κ3) is 5.76. The lowest BCUT2D eigenvalue weighted by Gasteiger charge is -2.10. The Morgan fingerprint density at radius 1 is 1.28 bits per heavy atom. The number of amides is 1. The number of allylic oxidation sites excluding steroid dienone is 1. The van der Waals surface area contributed by atoms with Gasteiger partial charge < -0.3 is 14.8 Å². The van der Waals surface area contributed by atoms with Crippen LogP contribution in [0.2, 0.25) is 0 Å². The Morgan fingerprint density at radius 3 is 2.75 bits per heavy atom. The molecule has 0 aliphatic heterocycles. The van der Waals surface area contributed by atoms with E-state index in [1.807, 2.05) is 0 Å². The molecule has 0 saturated carbocycles. The monoisotopic (exact) mass is 534 g/mol. The molecule has 2 heterocycles. The van der Waals surface area contributed by atoms with E-state index in [0.29, 0.717) is 33.7 Å². The van der Waals surface area contributed by atoms with Crippen molar-refractivity contribution in [1.82, 2.24) is 14.8 Å². The fraction of sp³-hybridized carbons (Fsp3) is 0.333. The van der Waals surface area contributed by atoms with E-state index >= 15 is 0 Å². The fourth-order valence-corrected chi connectivity index (χ4v) is 5.93. The SMILES string of the molecule is C=CCn1c(SCC(=O)Nc2sc3c(c2C(=O)OCC)CCC3)nnc1-c1ccc(OC(F)F)cc1. The van der Waals surface area contributed by atoms with Gasteiger partial charge >= 0.3 is 12.6 Å². The standard InChI is InChI=1S/C24H24F2N4O4S2/c1-3-12-30-20(14-8-10-15(11-9-14)34-23(25)26)28-29-24(30)35-13-18(31)27-21-19(22(32)33-4-2)16-6-5-7-17(16)36-21/h3,8-11,23H,1,4-7,12-13H2,2H3,(H,27,31). The highest BCUT2D eigenvalue weighted by Gasteiger charge is 2.28. The number of nitrogens with zero attached hydrogens (tertiary/aromatic N) is 3. The normalized spacial score (nSPS) is 12.4. The van der Waals surface area contributed by atoms with Gasteiger partial charge in [-0.25, -0.2) is 4.79 Å². The van der Waals surface area contributed by atoms with Crippen molar-refractivity contribution in [2.45, 2.75) is 44.5 Å². The average Bonchev–Trinajstić information content (AvgIpc) is 3.53. The molecule has 0 bridgehead atoms. The number of aromatic nitrogens is 3. The molecule has 4 rings (SSSR count). The maximum Gasteiger partial charge on any atom is 0.387 e. The molecule has 1 amide bonds. The fourth-order valence-electron chi connectivity index (χ4n) is 3.89. The summed E-state index contributed by atoms with van der Waals surface area (Å²) in [6, 6.07) is 6.06. The van der Waals surface area contributed by atoms with Crippen molar-refractivity contribution in [3.63, 3.8) is 0 Å². The summed E-state index contributed by atoms with van der Waals surface area (Å²) < 4.78 is 36.2. The number of halogens is 2. The van der Waals surface area contributed by atoms with E-state index in [-0.39, 0.29) is 24.0 Å². The number of fused-ring (bicyclic) bond motifs is 1. The summed E-state index contributed by atoms with van der Waals surface area (Å²) in [5, 5.41) is 12.3. The van der Waals surface area contributed by atoms with Gasteiger partial charge in [0.1, 0.15) is 10.8 Å². The molecule has 190 valence electrons. The van der Waals surface area contributed by atoms with Crippen LogP contribution in [0.1, 0.15) is 34.1 Å². The lowest BCUT2D eigenvalue weighted by atomic mass is 10.1. The molecule has 2 aromatic heterocycles. The van der Waals surface area contributed by atoms with Crippen LogP contribution >= 0.6 is 23.1 Å². The maximum atomic E-state index is 12.8. The van der Waals surface area contributed by atoms with E-state index in [4.69, 9.17) is 4.74 Å². The highest BCUT2D eigenvalue weighted by Crippen LogP contribution is 2.39. The number of alkyl halides is 2. The number of hydrogen-bond donors (Lipinski definition) is 1. The van der Waals surface area contributed by atoms with Gasteiger partial charge in [0.25, 0.3) is 0 Å². The van der Waals surface area contributed by atoms with Crippen molar-refractivity contribution in [1.29, 1.82) is 0 Å². The molecular formula is C24H24F2N4O4S2. The Hall–Kier alpha value is -3.25. The summed E-state index contributed by atoms with van der Waals surface area (Å²) in [5.74, 6) is -0.118. The zero-order valence-corrected chi connectivity index (χ0v) is 21.1. The molecule has 0 fully saturated rings. The van der Waals surface area contributed by atoms with E-state index in [0.717, 1.165) is 29.7 Å². The predicted octanol–water partition coefficient (Wildman–Crippen LogP) is 5.19. The molecule has 0 radical (unpaired) electrons. The number of thiophene rings is 1. The average molecular weight is 535 g/mol. The molecule has 0 saturated heterocycles. The summed E-state index contributed by atoms with van der Waals surface area (Å²) in [5.41, 5.74) is 2.08. The van der Waals surface area contributed by atoms with Crippen LogP contribution in [0.4, 0.5) is 13.8 Å². The smallest absolute Gasteiger partial charge is 0.387 e. The molecule has 8 nitrogen and oxygen atoms in total. The minimum Gasteiger partial charge on any atom is -0.462 e. The largest absolute Gasteiger partial charge is 0.462 e. The molecule has 0 spiro atoms. The highest BCUT2D eigenvalue weighted by molar-refractivity contribution is 7.99. The van der Waals surface area contributed by atoms with Gasteiger partial charge in [-0.2, -0.15) is 8.78 Å². The molecule has 1 aromatic carbocycles. The van der Waals surface area contributed by atoms with Crippen LogP contribution in [-0.2, 0) is 28.9 Å². The van der Waals surface area contributed by atoms with Crippen molar-refractivity contribution >= 4 is 40.0 Å². The molecule has 1 N–H and O–H groups in total. The molecule has 12 heteroatoms. The number of esters is 1. The van der Waals surface area contributed by atoms with Crippen LogP contribution in [0, 0.1) is 0 Å². The molecule has 0 atom stereocenters. The number of benzene rings is 1. The Labute approximate surface area is 214 Å². The van der Waals surface area contributed by atoms with Crippen LogP contribution in [0.5, 0.6) is 5.75 Å². The van der Waals surface area contributed by atoms with Gasteiger partial charge in [-0.3, -0.25) is 9.36 Å². The van der Waals surface area contributed by atoms with E-state index in [2.05, 4.69) is 26.8 Å². The first-order valence-corrected chi connectivity index (χ1v) is 13.0. The Bertz CT molecular complexity index is 1260. The van der Waals surface area contributed by atoms with E-state index in [1.165, 1.54) is 35.2 Å². The number of anilines is 1. The third-order valence-corrected chi connectivity index (χ3v) is 7.53. The van der Waals surface area contributed by atoms with Crippen molar-refractivity contribution in [2.75, 3.05) is 17.7 Å². The second-order valence-electron chi connectivity index (χ2n) is 7.73. The molecule has 1 aliphatic rings. The highest BCUT2D eigenvalue weighted by atomic mass is 32.2. The number of carbonyl (C=O) groups excluding carboxylic acids is 2. The molecular weight excluding hydrogens is 510 g/mol. The molecule has 36 heavy (non-hydrogen) atoms. The Balaban J connectivity index is 1.46. The minimum absolute atomic E-state index is 0.0385. The van der Waals surface area contributed by atoms with Gasteiger partial charge in [0.05, 0.1) is 17.9 Å². The Kier molecular flexibility index (Phi) is 8.36. The first-order chi connectivity index (χ1) is 17.4. The van der Waals surface area contributed by atoms with Crippen LogP contribution in [0.25, 0.3) is 11.4 Å². The van der Waals surface area contributed by atoms with Crippen LogP contribution in [-0.4, -0.2) is 45.6 Å². The zero-order chi connectivity index (χ0) is 25.7. The van der Waals surface area contributed by atoms with Crippen molar-refractivity contribution < 1.29 is 27.8 Å². The second kappa shape index (κ2) is 11.7. The number of nitrogens with one attached hydrogen (secondary N) is 1. The summed E-state index contributed by atoms with van der Waals surface area (Å²) in [4.78, 5) is 26.4. The van der Waals surface area contributed by atoms with Gasteiger partial charge in [-0.05, 0) is 56.0 Å². The van der Waals surface area contributed by atoms with Gasteiger partial charge in [0.2, 0.25) is 5.91 Å². The zero-order valence-electron chi connectivity index (χ0n) is 19.5. The predicted molar refractivity (Wildman–Crippen MR) is 134 cm³/mol. The maximum absolute atomic E-state index is 12.8. The van der Waals surface area contributed by atoms with Crippen LogP contribution in [0.3, 0.4) is 0 Å². The summed E-state index contributed by atoms with van der Waals surface area (Å²) >= 11 is 2.62. The lowest BCUT2D eigenvalue weighted by Crippen LogP contribution is -2.17. The lowest BCUT2D eigenvalue weighted by molar-refractivity contribution is -0.113. The van der Waals surface area contributed by atoms with Gasteiger partial charge in [-0.15, -0.1) is 28.1 Å². The molecule has 0 unspecified atom stereocenters. The quantitative estimate of drug-likeness (QED) is 0.206. The van der Waals surface area contributed by atoms with Crippen molar-refractivity contribution in [3.05, 3.63) is 52.9 Å². The van der Waals surface area contributed by atoms with Crippen molar-refractivity contribution in [2.24, 2.45) is 0 Å². The van der Waals surface area contributed by atoms with E-state index < -0.39 is 12.6 Å². The third-order valence-electron chi connectivity index (χ3n) is 5.35. The van der Waals surface area contributed by atoms with Gasteiger partial charge in [0, 0.05) is 17.0 Å². The van der Waals surface area contributed by atoms with E-state index in [1.54, 1.807) is 29.7 Å². The summed E-state index contributed by atoms with van der Waals surface area (Å²) in [6.07, 6.45) is 4.35. The van der Waals surface area contributed by atoms with Gasteiger partial charge in [0.15, 0.2) is 11.0 Å². The number of hydrogen-bond acceptors (Lipinski definition) is 8. The number of rotatable bonds is 11. The first-order valence-electron chi connectivity index (χ1n) is 11.2. The number of carbonyl (C=O) groups is 2. The minimum atomic E-state index is -2.90. The number of ether oxygens (including phenoxy) is 2. The second-order valence-corrected chi connectivity index (χ2v) is 9.77. The first kappa shape index (κ1) is 25.8.